The van der Waals surface area contributed by atoms with Crippen LogP contribution in [0.3, 0.4) is 0 Å². The predicted octanol–water partition coefficient (Wildman–Crippen LogP) is 5.85. The lowest BCUT2D eigenvalue weighted by molar-refractivity contribution is -0.139. The first kappa shape index (κ1) is 28.2. The van der Waals surface area contributed by atoms with Gasteiger partial charge in [-0.25, -0.2) is 9.59 Å². The fraction of sp³-hybridized carbons (Fsp3) is 0.375. The van der Waals surface area contributed by atoms with Crippen molar-refractivity contribution in [1.29, 1.82) is 0 Å². The molecule has 0 fully saturated rings. The standard InChI is InChI=1S/C32H38N2O5/c1-4-17-38-30-16-15-22(18-23(30)20-34(5-2)6-3)19-29(31(35)36)33-32(37)39-21-28-26-13-9-7-11-24(26)25-12-8-10-14-27(25)28/h7-16,18,28-29H,4-6,17,19-21H2,1-3H3,(H,33,37)(H,35,36). The number of nitrogens with zero attached hydrogens (tertiary/aromatic N) is 1. The van der Waals surface area contributed by atoms with Crippen LogP contribution in [0.1, 0.15) is 55.4 Å². The summed E-state index contributed by atoms with van der Waals surface area (Å²) >= 11 is 0. The minimum atomic E-state index is -1.12. The van der Waals surface area contributed by atoms with Crippen LogP contribution in [0.4, 0.5) is 4.79 Å². The summed E-state index contributed by atoms with van der Waals surface area (Å²) in [5.74, 6) is -0.395. The van der Waals surface area contributed by atoms with E-state index in [4.69, 9.17) is 9.47 Å². The third kappa shape index (κ3) is 6.79. The fourth-order valence-electron chi connectivity index (χ4n) is 5.14. The summed E-state index contributed by atoms with van der Waals surface area (Å²) in [6, 6.07) is 20.8. The molecule has 1 aliphatic rings. The van der Waals surface area contributed by atoms with E-state index in [0.29, 0.717) is 13.2 Å². The summed E-state index contributed by atoms with van der Waals surface area (Å²) in [4.78, 5) is 27.1. The molecule has 0 heterocycles. The molecule has 7 nitrogen and oxygen atoms in total. The lowest BCUT2D eigenvalue weighted by Gasteiger charge is -2.22. The van der Waals surface area contributed by atoms with Crippen LogP contribution in [0, 0.1) is 0 Å². The molecule has 0 bridgehead atoms. The van der Waals surface area contributed by atoms with Gasteiger partial charge in [-0.05, 0) is 53.4 Å². The van der Waals surface area contributed by atoms with Gasteiger partial charge in [0.05, 0.1) is 6.61 Å². The molecule has 0 saturated carbocycles. The zero-order chi connectivity index (χ0) is 27.8. The number of carbonyl (C=O) groups excluding carboxylic acids is 1. The van der Waals surface area contributed by atoms with Crippen molar-refractivity contribution in [2.75, 3.05) is 26.3 Å². The molecule has 2 N–H and O–H groups in total. The second kappa shape index (κ2) is 13.3. The molecule has 0 aromatic heterocycles. The molecule has 39 heavy (non-hydrogen) atoms. The third-order valence-corrected chi connectivity index (χ3v) is 7.25. The first-order valence-corrected chi connectivity index (χ1v) is 13.8. The highest BCUT2D eigenvalue weighted by molar-refractivity contribution is 5.81. The van der Waals surface area contributed by atoms with Crippen LogP contribution in [0.2, 0.25) is 0 Å². The van der Waals surface area contributed by atoms with E-state index in [1.165, 1.54) is 0 Å². The van der Waals surface area contributed by atoms with Crippen LogP contribution >= 0.6 is 0 Å². The number of nitrogens with one attached hydrogen (secondary N) is 1. The zero-order valence-corrected chi connectivity index (χ0v) is 23.0. The quantitative estimate of drug-likeness (QED) is 0.288. The molecule has 4 rings (SSSR count). The van der Waals surface area contributed by atoms with Gasteiger partial charge in [-0.2, -0.15) is 0 Å². The Morgan fingerprint density at radius 1 is 0.949 bits per heavy atom. The normalized spacial score (nSPS) is 13.0. The fourth-order valence-corrected chi connectivity index (χ4v) is 5.14. The Hall–Kier alpha value is -3.84. The van der Waals surface area contributed by atoms with Crippen LogP contribution in [0.15, 0.2) is 66.7 Å². The SMILES string of the molecule is CCCOc1ccc(CC(NC(=O)OCC2c3ccccc3-c3ccccc32)C(=O)O)cc1CN(CC)CC. The van der Waals surface area contributed by atoms with Crippen LogP contribution < -0.4 is 10.1 Å². The Kier molecular flexibility index (Phi) is 9.60. The summed E-state index contributed by atoms with van der Waals surface area (Å²) in [5, 5.41) is 12.4. The van der Waals surface area contributed by atoms with Gasteiger partial charge < -0.3 is 19.9 Å². The second-order valence-corrected chi connectivity index (χ2v) is 9.82. The van der Waals surface area contributed by atoms with Gasteiger partial charge in [-0.15, -0.1) is 0 Å². The Balaban J connectivity index is 1.43. The number of alkyl carbamates (subject to hydrolysis) is 1. The van der Waals surface area contributed by atoms with Gasteiger partial charge in [-0.1, -0.05) is 81.4 Å². The maximum Gasteiger partial charge on any atom is 0.407 e. The molecule has 1 unspecified atom stereocenters. The number of fused-ring (bicyclic) bond motifs is 3. The number of hydrogen-bond acceptors (Lipinski definition) is 5. The molecular formula is C32H38N2O5. The van der Waals surface area contributed by atoms with E-state index in [9.17, 15) is 14.7 Å². The number of hydrogen-bond donors (Lipinski definition) is 2. The van der Waals surface area contributed by atoms with Crippen molar-refractivity contribution in [1.82, 2.24) is 10.2 Å². The van der Waals surface area contributed by atoms with Crippen molar-refractivity contribution in [2.24, 2.45) is 0 Å². The van der Waals surface area contributed by atoms with Crippen LogP contribution in [-0.4, -0.2) is 54.4 Å². The highest BCUT2D eigenvalue weighted by Gasteiger charge is 2.30. The highest BCUT2D eigenvalue weighted by Crippen LogP contribution is 2.44. The molecule has 0 saturated heterocycles. The van der Waals surface area contributed by atoms with Gasteiger partial charge in [0.25, 0.3) is 0 Å². The van der Waals surface area contributed by atoms with Gasteiger partial charge in [0.15, 0.2) is 0 Å². The molecule has 3 aromatic rings. The Morgan fingerprint density at radius 3 is 2.18 bits per heavy atom. The Morgan fingerprint density at radius 2 is 1.59 bits per heavy atom. The summed E-state index contributed by atoms with van der Waals surface area (Å²) in [6.07, 6.45) is 0.298. The van der Waals surface area contributed by atoms with Crippen molar-refractivity contribution in [2.45, 2.75) is 52.1 Å². The smallest absolute Gasteiger partial charge is 0.407 e. The summed E-state index contributed by atoms with van der Waals surface area (Å²) in [7, 11) is 0. The lowest BCUT2D eigenvalue weighted by atomic mass is 9.98. The topological polar surface area (TPSA) is 88.1 Å². The number of carbonyl (C=O) groups is 2. The molecule has 0 spiro atoms. The van der Waals surface area contributed by atoms with E-state index in [-0.39, 0.29) is 18.9 Å². The molecule has 1 atom stereocenters. The Bertz CT molecular complexity index is 1240. The average molecular weight is 531 g/mol. The van der Waals surface area contributed by atoms with E-state index < -0.39 is 18.1 Å². The van der Waals surface area contributed by atoms with Gasteiger partial charge in [0.2, 0.25) is 0 Å². The molecule has 0 aliphatic heterocycles. The highest BCUT2D eigenvalue weighted by atomic mass is 16.5. The van der Waals surface area contributed by atoms with E-state index in [1.807, 2.05) is 54.6 Å². The maximum atomic E-state index is 12.8. The van der Waals surface area contributed by atoms with Crippen molar-refractivity contribution in [3.8, 4) is 16.9 Å². The number of amides is 1. The number of carboxylic acid groups (broad SMARTS) is 1. The summed E-state index contributed by atoms with van der Waals surface area (Å²) in [6.45, 7) is 9.53. The summed E-state index contributed by atoms with van der Waals surface area (Å²) in [5.41, 5.74) is 6.30. The van der Waals surface area contributed by atoms with Gasteiger partial charge in [-0.3, -0.25) is 4.90 Å². The minimum absolute atomic E-state index is 0.0928. The number of benzene rings is 3. The minimum Gasteiger partial charge on any atom is -0.493 e. The van der Waals surface area contributed by atoms with Crippen LogP contribution in [0.25, 0.3) is 11.1 Å². The molecule has 1 amide bonds. The molecule has 7 heteroatoms. The lowest BCUT2D eigenvalue weighted by Crippen LogP contribution is -2.43. The van der Waals surface area contributed by atoms with Crippen LogP contribution in [0.5, 0.6) is 5.75 Å². The van der Waals surface area contributed by atoms with Crippen molar-refractivity contribution in [3.63, 3.8) is 0 Å². The largest absolute Gasteiger partial charge is 0.493 e. The van der Waals surface area contributed by atoms with E-state index in [1.54, 1.807) is 0 Å². The Labute approximate surface area is 230 Å². The first-order chi connectivity index (χ1) is 18.9. The molecule has 1 aliphatic carbocycles. The number of ether oxygens (including phenoxy) is 2. The van der Waals surface area contributed by atoms with Gasteiger partial charge in [0, 0.05) is 24.4 Å². The van der Waals surface area contributed by atoms with Crippen molar-refractivity contribution < 1.29 is 24.2 Å². The predicted molar refractivity (Wildman–Crippen MR) is 152 cm³/mol. The molecule has 3 aromatic carbocycles. The number of aliphatic carboxylic acids is 1. The van der Waals surface area contributed by atoms with Crippen molar-refractivity contribution >= 4 is 12.1 Å². The van der Waals surface area contributed by atoms with Crippen molar-refractivity contribution in [3.05, 3.63) is 89.0 Å². The van der Waals surface area contributed by atoms with Gasteiger partial charge in [0.1, 0.15) is 18.4 Å². The number of carboxylic acids is 1. The second-order valence-electron chi connectivity index (χ2n) is 9.82. The van der Waals surface area contributed by atoms with E-state index in [0.717, 1.165) is 58.6 Å². The first-order valence-electron chi connectivity index (χ1n) is 13.8. The molecule has 206 valence electrons. The molecule has 0 radical (unpaired) electrons. The maximum absolute atomic E-state index is 12.8. The van der Waals surface area contributed by atoms with Crippen LogP contribution in [-0.2, 0) is 22.5 Å². The van der Waals surface area contributed by atoms with E-state index in [2.05, 4.69) is 43.1 Å². The summed E-state index contributed by atoms with van der Waals surface area (Å²) < 4.78 is 11.5. The third-order valence-electron chi connectivity index (χ3n) is 7.25. The zero-order valence-electron chi connectivity index (χ0n) is 23.0. The van der Waals surface area contributed by atoms with E-state index >= 15 is 0 Å². The van der Waals surface area contributed by atoms with Gasteiger partial charge >= 0.3 is 12.1 Å². The monoisotopic (exact) mass is 530 g/mol. The average Bonchev–Trinajstić information content (AvgIpc) is 3.27. The number of rotatable bonds is 13. The molecular weight excluding hydrogens is 492 g/mol.